The van der Waals surface area contributed by atoms with Crippen LogP contribution >= 0.6 is 0 Å². The third kappa shape index (κ3) is 9.06. The van der Waals surface area contributed by atoms with E-state index in [4.69, 9.17) is 4.74 Å². The molecule has 0 radical (unpaired) electrons. The lowest BCUT2D eigenvalue weighted by molar-refractivity contribution is -0.351. The van der Waals surface area contributed by atoms with Crippen LogP contribution in [0.15, 0.2) is 0 Å². The van der Waals surface area contributed by atoms with Gasteiger partial charge < -0.3 is 30.3 Å². The molecule has 1 fully saturated rings. The number of hydrogen-bond donors (Lipinski definition) is 5. The molecule has 0 spiro atoms. The summed E-state index contributed by atoms with van der Waals surface area (Å²) >= 11 is 0. The van der Waals surface area contributed by atoms with E-state index in [0.29, 0.717) is 6.42 Å². The Morgan fingerprint density at radius 1 is 0.679 bits per heavy atom. The predicted molar refractivity (Wildman–Crippen MR) is 110 cm³/mol. The van der Waals surface area contributed by atoms with Crippen LogP contribution in [-0.2, 0) is 4.74 Å². The Balaban J connectivity index is 2.02. The van der Waals surface area contributed by atoms with Crippen LogP contribution in [0.1, 0.15) is 103 Å². The molecule has 28 heavy (non-hydrogen) atoms. The van der Waals surface area contributed by atoms with Crippen LogP contribution in [0.5, 0.6) is 0 Å². The highest BCUT2D eigenvalue weighted by Crippen LogP contribution is 2.32. The van der Waals surface area contributed by atoms with Crippen LogP contribution < -0.4 is 0 Å². The Bertz CT molecular complexity index is 378. The molecule has 0 aromatic heterocycles. The summed E-state index contributed by atoms with van der Waals surface area (Å²) in [6, 6.07) is 0. The van der Waals surface area contributed by atoms with Gasteiger partial charge in [0.25, 0.3) is 0 Å². The Hall–Kier alpha value is -0.240. The van der Waals surface area contributed by atoms with Gasteiger partial charge >= 0.3 is 0 Å². The summed E-state index contributed by atoms with van der Waals surface area (Å²) in [6.45, 7) is 1.73. The van der Waals surface area contributed by atoms with Crippen molar-refractivity contribution in [3.63, 3.8) is 0 Å². The van der Waals surface area contributed by atoms with Crippen molar-refractivity contribution in [2.75, 3.05) is 6.61 Å². The fraction of sp³-hybridized carbons (Fsp3) is 1.00. The first-order chi connectivity index (χ1) is 13.5. The van der Waals surface area contributed by atoms with Crippen molar-refractivity contribution in [2.24, 2.45) is 0 Å². The van der Waals surface area contributed by atoms with Crippen molar-refractivity contribution in [1.82, 2.24) is 0 Å². The highest BCUT2D eigenvalue weighted by Gasteiger charge is 2.51. The third-order valence-electron chi connectivity index (χ3n) is 5.94. The number of aliphatic hydroxyl groups excluding tert-OH is 4. The smallest absolute Gasteiger partial charge is 0.195 e. The van der Waals surface area contributed by atoms with Gasteiger partial charge in [-0.25, -0.2) is 0 Å². The number of rotatable bonds is 16. The second kappa shape index (κ2) is 14.7. The summed E-state index contributed by atoms with van der Waals surface area (Å²) in [5.41, 5.74) is 0. The van der Waals surface area contributed by atoms with Gasteiger partial charge in [-0.1, -0.05) is 90.4 Å². The first kappa shape index (κ1) is 25.8. The number of unbranched alkanes of at least 4 members (excludes halogenated alkanes) is 13. The zero-order valence-electron chi connectivity index (χ0n) is 17.8. The van der Waals surface area contributed by atoms with Crippen LogP contribution in [0.3, 0.4) is 0 Å². The normalized spacial score (nSPS) is 30.6. The second-order valence-corrected chi connectivity index (χ2v) is 8.46. The molecule has 0 amide bonds. The quantitative estimate of drug-likeness (QED) is 0.253. The molecule has 1 rings (SSSR count). The van der Waals surface area contributed by atoms with E-state index in [2.05, 4.69) is 6.92 Å². The summed E-state index contributed by atoms with van der Waals surface area (Å²) in [4.78, 5) is 0. The van der Waals surface area contributed by atoms with Crippen LogP contribution in [0, 0.1) is 0 Å². The van der Waals surface area contributed by atoms with E-state index in [1.807, 2.05) is 0 Å². The first-order valence-corrected chi connectivity index (χ1v) is 11.5. The molecule has 0 aliphatic carbocycles. The monoisotopic (exact) mass is 404 g/mol. The lowest BCUT2D eigenvalue weighted by Gasteiger charge is -2.45. The summed E-state index contributed by atoms with van der Waals surface area (Å²) in [7, 11) is 0. The lowest BCUT2D eigenvalue weighted by atomic mass is 9.89. The van der Waals surface area contributed by atoms with Crippen LogP contribution in [0.2, 0.25) is 0 Å². The SMILES string of the molecule is CCCCCCCCCCCCCCCC[C@@]1(O)O[C@H](CO)[C@H](O)[C@H](O)[C@H]1O. The summed E-state index contributed by atoms with van der Waals surface area (Å²) in [6.07, 6.45) is 11.7. The maximum atomic E-state index is 10.5. The average Bonchev–Trinajstić information content (AvgIpc) is 2.69. The molecular weight excluding hydrogens is 360 g/mol. The molecule has 1 saturated heterocycles. The van der Waals surface area contributed by atoms with Crippen molar-refractivity contribution >= 4 is 0 Å². The standard InChI is InChI=1S/C22H44O6/c1-2-3-4-5-6-7-8-9-10-11-12-13-14-15-16-22(27)21(26)20(25)19(24)18(17-23)28-22/h18-21,23-27H,2-17H2,1H3/t18-,19+,20+,21-,22-/m1/s1. The molecule has 6 nitrogen and oxygen atoms in total. The van der Waals surface area contributed by atoms with Gasteiger partial charge in [-0.3, -0.25) is 0 Å². The van der Waals surface area contributed by atoms with Gasteiger partial charge in [0.15, 0.2) is 5.79 Å². The fourth-order valence-electron chi connectivity index (χ4n) is 4.00. The van der Waals surface area contributed by atoms with E-state index >= 15 is 0 Å². The van der Waals surface area contributed by atoms with E-state index < -0.39 is 36.8 Å². The molecule has 5 atom stereocenters. The number of aliphatic hydroxyl groups is 5. The Morgan fingerprint density at radius 2 is 1.11 bits per heavy atom. The van der Waals surface area contributed by atoms with Gasteiger partial charge in [-0.15, -0.1) is 0 Å². The minimum absolute atomic E-state index is 0.173. The maximum Gasteiger partial charge on any atom is 0.195 e. The maximum absolute atomic E-state index is 10.5. The Kier molecular flexibility index (Phi) is 13.5. The summed E-state index contributed by atoms with van der Waals surface area (Å²) < 4.78 is 5.28. The molecule has 1 heterocycles. The molecule has 0 unspecified atom stereocenters. The van der Waals surface area contributed by atoms with E-state index in [1.165, 1.54) is 70.6 Å². The average molecular weight is 405 g/mol. The van der Waals surface area contributed by atoms with Crippen molar-refractivity contribution in [3.05, 3.63) is 0 Å². The highest BCUT2D eigenvalue weighted by atomic mass is 16.7. The summed E-state index contributed by atoms with van der Waals surface area (Å²) in [5.74, 6) is -1.91. The molecular formula is C22H44O6. The van der Waals surface area contributed by atoms with Gasteiger partial charge in [0, 0.05) is 6.42 Å². The van der Waals surface area contributed by atoms with Crippen LogP contribution in [0.4, 0.5) is 0 Å². The molecule has 0 aromatic rings. The van der Waals surface area contributed by atoms with Crippen molar-refractivity contribution in [2.45, 2.75) is 133 Å². The van der Waals surface area contributed by atoms with Gasteiger partial charge in [0.2, 0.25) is 0 Å². The van der Waals surface area contributed by atoms with E-state index in [0.717, 1.165) is 12.8 Å². The van der Waals surface area contributed by atoms with Gasteiger partial charge in [0.05, 0.1) is 6.61 Å². The zero-order chi connectivity index (χ0) is 20.8. The number of hydrogen-bond acceptors (Lipinski definition) is 6. The van der Waals surface area contributed by atoms with Gasteiger partial charge in [0.1, 0.15) is 24.4 Å². The van der Waals surface area contributed by atoms with E-state index in [1.54, 1.807) is 0 Å². The van der Waals surface area contributed by atoms with E-state index in [9.17, 15) is 25.5 Å². The fourth-order valence-corrected chi connectivity index (χ4v) is 4.00. The van der Waals surface area contributed by atoms with Crippen molar-refractivity contribution in [1.29, 1.82) is 0 Å². The lowest BCUT2D eigenvalue weighted by Crippen LogP contribution is -2.65. The zero-order valence-corrected chi connectivity index (χ0v) is 17.8. The minimum Gasteiger partial charge on any atom is -0.394 e. The Morgan fingerprint density at radius 3 is 1.54 bits per heavy atom. The molecule has 168 valence electrons. The largest absolute Gasteiger partial charge is 0.394 e. The first-order valence-electron chi connectivity index (χ1n) is 11.5. The molecule has 6 heteroatoms. The number of ether oxygens (including phenoxy) is 1. The van der Waals surface area contributed by atoms with Gasteiger partial charge in [-0.2, -0.15) is 0 Å². The van der Waals surface area contributed by atoms with Crippen LogP contribution in [-0.4, -0.2) is 62.3 Å². The minimum atomic E-state index is -1.91. The molecule has 0 saturated carbocycles. The molecule has 5 N–H and O–H groups in total. The highest BCUT2D eigenvalue weighted by molar-refractivity contribution is 4.95. The van der Waals surface area contributed by atoms with Crippen molar-refractivity contribution < 1.29 is 30.3 Å². The summed E-state index contributed by atoms with van der Waals surface area (Å²) in [5, 5.41) is 49.3. The van der Waals surface area contributed by atoms with E-state index in [-0.39, 0.29) is 6.42 Å². The molecule has 1 aliphatic rings. The third-order valence-corrected chi connectivity index (χ3v) is 5.94. The van der Waals surface area contributed by atoms with Crippen LogP contribution in [0.25, 0.3) is 0 Å². The topological polar surface area (TPSA) is 110 Å². The van der Waals surface area contributed by atoms with Gasteiger partial charge in [-0.05, 0) is 6.42 Å². The van der Waals surface area contributed by atoms with Crippen molar-refractivity contribution in [3.8, 4) is 0 Å². The molecule has 1 aliphatic heterocycles. The second-order valence-electron chi connectivity index (χ2n) is 8.46. The Labute approximate surface area is 170 Å². The molecule has 0 bridgehead atoms. The molecule has 0 aromatic carbocycles. The predicted octanol–water partition coefficient (Wildman–Crippen LogP) is 3.02.